The molecule has 0 bridgehead atoms. The normalized spacial score (nSPS) is 19.0. The summed E-state index contributed by atoms with van der Waals surface area (Å²) in [7, 11) is 0. The van der Waals surface area contributed by atoms with Gasteiger partial charge in [0.05, 0.1) is 18.7 Å². The molecule has 1 aromatic rings. The van der Waals surface area contributed by atoms with E-state index >= 15 is 0 Å². The number of nitriles is 1. The van der Waals surface area contributed by atoms with Gasteiger partial charge in [-0.2, -0.15) is 5.26 Å². The van der Waals surface area contributed by atoms with Crippen molar-refractivity contribution in [2.45, 2.75) is 20.0 Å². The van der Waals surface area contributed by atoms with Crippen LogP contribution in [0.1, 0.15) is 16.8 Å². The van der Waals surface area contributed by atoms with Crippen LogP contribution in [0.2, 0.25) is 0 Å². The van der Waals surface area contributed by atoms with Crippen molar-refractivity contribution in [3.05, 3.63) is 22.9 Å². The Morgan fingerprint density at radius 1 is 1.63 bits per heavy atom. The molecule has 2 rings (SSSR count). The quantitative estimate of drug-likeness (QED) is 0.849. The van der Waals surface area contributed by atoms with Gasteiger partial charge in [-0.15, -0.1) is 0 Å². The highest BCUT2D eigenvalue weighted by Crippen LogP contribution is 2.23. The molecule has 100 valence electrons. The second-order valence-electron chi connectivity index (χ2n) is 4.53. The molecule has 0 aromatic carbocycles. The van der Waals surface area contributed by atoms with Gasteiger partial charge in [0.15, 0.2) is 6.10 Å². The Kier molecular flexibility index (Phi) is 3.67. The third-order valence-electron chi connectivity index (χ3n) is 3.08. The lowest BCUT2D eigenvalue weighted by Gasteiger charge is -2.32. The maximum absolute atomic E-state index is 11.0. The number of pyridine rings is 1. The molecule has 1 aliphatic rings. The summed E-state index contributed by atoms with van der Waals surface area (Å²) in [4.78, 5) is 17.2. The monoisotopic (exact) mass is 261 g/mol. The van der Waals surface area contributed by atoms with Crippen molar-refractivity contribution < 1.29 is 14.6 Å². The summed E-state index contributed by atoms with van der Waals surface area (Å²) in [6, 6.07) is 3.98. The first-order chi connectivity index (χ1) is 9.02. The van der Waals surface area contributed by atoms with Crippen molar-refractivity contribution >= 4 is 11.8 Å². The molecule has 1 aromatic heterocycles. The minimum absolute atomic E-state index is 0.208. The van der Waals surface area contributed by atoms with Crippen molar-refractivity contribution in [1.29, 1.82) is 5.26 Å². The zero-order valence-corrected chi connectivity index (χ0v) is 10.9. The predicted octanol–water partition coefficient (Wildman–Crippen LogP) is 0.860. The van der Waals surface area contributed by atoms with E-state index < -0.39 is 12.1 Å². The number of hydrogen-bond donors (Lipinski definition) is 1. The zero-order valence-electron chi connectivity index (χ0n) is 10.9. The molecule has 1 aliphatic heterocycles. The third-order valence-corrected chi connectivity index (χ3v) is 3.08. The minimum atomic E-state index is -0.993. The molecule has 19 heavy (non-hydrogen) atoms. The Morgan fingerprint density at radius 2 is 2.37 bits per heavy atom. The van der Waals surface area contributed by atoms with Crippen LogP contribution in [0.3, 0.4) is 0 Å². The number of ether oxygens (including phenoxy) is 1. The maximum atomic E-state index is 11.0. The molecular formula is C13H15N3O3. The molecule has 0 amide bonds. The van der Waals surface area contributed by atoms with Crippen molar-refractivity contribution in [1.82, 2.24) is 4.98 Å². The summed E-state index contributed by atoms with van der Waals surface area (Å²) in [6.07, 6.45) is -0.872. The van der Waals surface area contributed by atoms with Gasteiger partial charge in [-0.1, -0.05) is 0 Å². The molecule has 1 unspecified atom stereocenters. The van der Waals surface area contributed by atoms with E-state index in [1.54, 1.807) is 4.90 Å². The van der Waals surface area contributed by atoms with E-state index in [2.05, 4.69) is 11.1 Å². The number of carboxylic acid groups (broad SMARTS) is 1. The Labute approximate surface area is 111 Å². The Bertz CT molecular complexity index is 551. The number of carboxylic acids is 1. The molecule has 0 saturated carbocycles. The van der Waals surface area contributed by atoms with Gasteiger partial charge in [-0.05, 0) is 25.5 Å². The number of aromatic nitrogens is 1. The van der Waals surface area contributed by atoms with E-state index in [1.165, 1.54) is 0 Å². The Hall–Kier alpha value is -2.13. The summed E-state index contributed by atoms with van der Waals surface area (Å²) in [5.74, 6) is -0.442. The topological polar surface area (TPSA) is 86.5 Å². The highest BCUT2D eigenvalue weighted by atomic mass is 16.5. The molecule has 1 fully saturated rings. The molecule has 2 heterocycles. The van der Waals surface area contributed by atoms with Crippen LogP contribution >= 0.6 is 0 Å². The highest BCUT2D eigenvalue weighted by molar-refractivity contribution is 5.74. The number of morpholine rings is 1. The summed E-state index contributed by atoms with van der Waals surface area (Å²) in [6.45, 7) is 4.77. The Balaban J connectivity index is 2.36. The fraction of sp³-hybridized carbons (Fsp3) is 0.462. The van der Waals surface area contributed by atoms with E-state index in [4.69, 9.17) is 9.84 Å². The maximum Gasteiger partial charge on any atom is 0.334 e. The van der Waals surface area contributed by atoms with Crippen LogP contribution in [0, 0.1) is 25.2 Å². The lowest BCUT2D eigenvalue weighted by molar-refractivity contribution is -0.150. The van der Waals surface area contributed by atoms with Crippen molar-refractivity contribution in [3.8, 4) is 6.07 Å². The van der Waals surface area contributed by atoms with Gasteiger partial charge in [-0.3, -0.25) is 0 Å². The number of nitrogens with zero attached hydrogens (tertiary/aromatic N) is 3. The molecule has 0 aliphatic carbocycles. The summed E-state index contributed by atoms with van der Waals surface area (Å²) >= 11 is 0. The lowest BCUT2D eigenvalue weighted by Crippen LogP contribution is -2.46. The molecule has 6 heteroatoms. The lowest BCUT2D eigenvalue weighted by atomic mass is 10.1. The highest BCUT2D eigenvalue weighted by Gasteiger charge is 2.28. The largest absolute Gasteiger partial charge is 0.479 e. The zero-order chi connectivity index (χ0) is 14.0. The average Bonchev–Trinajstić information content (AvgIpc) is 2.38. The average molecular weight is 261 g/mol. The van der Waals surface area contributed by atoms with Gasteiger partial charge in [0.2, 0.25) is 0 Å². The van der Waals surface area contributed by atoms with E-state index in [9.17, 15) is 10.1 Å². The molecule has 1 saturated heterocycles. The van der Waals surface area contributed by atoms with Crippen molar-refractivity contribution in [3.63, 3.8) is 0 Å². The van der Waals surface area contributed by atoms with Gasteiger partial charge in [-0.25, -0.2) is 9.78 Å². The van der Waals surface area contributed by atoms with E-state index in [1.807, 2.05) is 19.9 Å². The smallest absolute Gasteiger partial charge is 0.334 e. The molecule has 0 spiro atoms. The van der Waals surface area contributed by atoms with Crippen LogP contribution in [-0.4, -0.2) is 41.9 Å². The number of rotatable bonds is 2. The van der Waals surface area contributed by atoms with Crippen LogP contribution in [0.25, 0.3) is 0 Å². The molecule has 6 nitrogen and oxygen atoms in total. The van der Waals surface area contributed by atoms with E-state index in [-0.39, 0.29) is 6.54 Å². The van der Waals surface area contributed by atoms with Gasteiger partial charge < -0.3 is 14.7 Å². The van der Waals surface area contributed by atoms with Gasteiger partial charge in [0, 0.05) is 12.2 Å². The second kappa shape index (κ2) is 5.24. The first kappa shape index (κ1) is 13.3. The minimum Gasteiger partial charge on any atom is -0.479 e. The van der Waals surface area contributed by atoms with Crippen LogP contribution < -0.4 is 4.90 Å². The van der Waals surface area contributed by atoms with E-state index in [0.717, 1.165) is 11.3 Å². The molecule has 1 atom stereocenters. The van der Waals surface area contributed by atoms with Gasteiger partial charge in [0.1, 0.15) is 11.9 Å². The number of aliphatic carboxylic acids is 1. The van der Waals surface area contributed by atoms with Gasteiger partial charge >= 0.3 is 5.97 Å². The number of aryl methyl sites for hydroxylation is 2. The van der Waals surface area contributed by atoms with Crippen LogP contribution in [0.4, 0.5) is 5.82 Å². The summed E-state index contributed by atoms with van der Waals surface area (Å²) in [5, 5.41) is 18.2. The number of carbonyl (C=O) groups is 1. The fourth-order valence-electron chi connectivity index (χ4n) is 2.18. The molecule has 1 N–H and O–H groups in total. The number of hydrogen-bond acceptors (Lipinski definition) is 5. The van der Waals surface area contributed by atoms with Crippen LogP contribution in [0.5, 0.6) is 0 Å². The third kappa shape index (κ3) is 2.66. The SMILES string of the molecule is Cc1cc(C)c(C#N)c(N2CCOC(C(=O)O)C2)n1. The molecule has 0 radical (unpaired) electrons. The summed E-state index contributed by atoms with van der Waals surface area (Å²) in [5.41, 5.74) is 2.16. The first-order valence-corrected chi connectivity index (χ1v) is 6.00. The van der Waals surface area contributed by atoms with Crippen molar-refractivity contribution in [2.24, 2.45) is 0 Å². The number of anilines is 1. The molecular weight excluding hydrogens is 246 g/mol. The van der Waals surface area contributed by atoms with Crippen LogP contribution in [-0.2, 0) is 9.53 Å². The summed E-state index contributed by atoms with van der Waals surface area (Å²) < 4.78 is 5.17. The second-order valence-corrected chi connectivity index (χ2v) is 4.53. The van der Waals surface area contributed by atoms with Crippen LogP contribution in [0.15, 0.2) is 6.07 Å². The van der Waals surface area contributed by atoms with Crippen molar-refractivity contribution in [2.75, 3.05) is 24.6 Å². The van der Waals surface area contributed by atoms with Gasteiger partial charge in [0.25, 0.3) is 0 Å². The first-order valence-electron chi connectivity index (χ1n) is 6.00. The fourth-order valence-corrected chi connectivity index (χ4v) is 2.18. The predicted molar refractivity (Wildman–Crippen MR) is 68.0 cm³/mol. The Morgan fingerprint density at radius 3 is 3.00 bits per heavy atom. The van der Waals surface area contributed by atoms with E-state index in [0.29, 0.717) is 24.5 Å². The standard InChI is InChI=1S/C13H15N3O3/c1-8-5-9(2)15-12(10(8)6-14)16-3-4-19-11(7-16)13(17)18/h5,11H,3-4,7H2,1-2H3,(H,17,18).